The van der Waals surface area contributed by atoms with Crippen LogP contribution in [0.15, 0.2) is 27.6 Å². The number of rotatable bonds is 8. The first-order chi connectivity index (χ1) is 10.0. The molecule has 1 atom stereocenters. The molecule has 1 unspecified atom stereocenters. The van der Waals surface area contributed by atoms with E-state index in [2.05, 4.69) is 5.32 Å². The molecular weight excluding hydrogens is 272 g/mol. The summed E-state index contributed by atoms with van der Waals surface area (Å²) in [5, 5.41) is 2.41. The van der Waals surface area contributed by atoms with Gasteiger partial charge in [-0.25, -0.2) is 4.79 Å². The Labute approximate surface area is 123 Å². The van der Waals surface area contributed by atoms with Gasteiger partial charge in [-0.3, -0.25) is 9.59 Å². The Morgan fingerprint density at radius 1 is 1.52 bits per heavy atom. The molecule has 6 heteroatoms. The summed E-state index contributed by atoms with van der Waals surface area (Å²) in [5.41, 5.74) is 5.21. The van der Waals surface area contributed by atoms with E-state index >= 15 is 0 Å². The number of ketones is 1. The molecular formula is C15H20N2O4. The second kappa shape index (κ2) is 8.04. The quantitative estimate of drug-likeness (QED) is 0.563. The zero-order valence-electron chi connectivity index (χ0n) is 12.2. The summed E-state index contributed by atoms with van der Waals surface area (Å²) in [6, 6.07) is 1.54. The Bertz CT molecular complexity index is 590. The third-order valence-corrected chi connectivity index (χ3v) is 3.14. The minimum atomic E-state index is -0.679. The number of nitrogens with two attached hydrogens (primary N) is 1. The molecule has 0 saturated carbocycles. The predicted octanol–water partition coefficient (Wildman–Crippen LogP) is 1.96. The van der Waals surface area contributed by atoms with Crippen LogP contribution in [0.1, 0.15) is 55.1 Å². The first kappa shape index (κ1) is 16.7. The van der Waals surface area contributed by atoms with Gasteiger partial charge in [-0.2, -0.15) is 0 Å². The first-order valence-electron chi connectivity index (χ1n) is 6.82. The Balaban J connectivity index is 2.83. The number of amides is 1. The van der Waals surface area contributed by atoms with Crippen molar-refractivity contribution in [2.75, 3.05) is 5.73 Å². The smallest absolute Gasteiger partial charge is 0.348 e. The fourth-order valence-electron chi connectivity index (χ4n) is 1.90. The standard InChI is InChI=1S/C15H20N2O4/c1-3-12(19)14-11(16)8-13(21-15(14)20)10(2)6-4-5-7-17-9-18/h5,7-10H,3-4,6,16H2,1-2H3,(H,17,18)/b7-5+. The van der Waals surface area contributed by atoms with E-state index in [0.29, 0.717) is 18.6 Å². The van der Waals surface area contributed by atoms with Gasteiger partial charge in [0.1, 0.15) is 11.3 Å². The van der Waals surface area contributed by atoms with E-state index < -0.39 is 5.63 Å². The monoisotopic (exact) mass is 292 g/mol. The predicted molar refractivity (Wildman–Crippen MR) is 80.0 cm³/mol. The molecule has 0 bridgehead atoms. The summed E-state index contributed by atoms with van der Waals surface area (Å²) in [5.74, 6) is 0.122. The maximum absolute atomic E-state index is 11.9. The molecule has 1 amide bonds. The maximum Gasteiger partial charge on any atom is 0.348 e. The van der Waals surface area contributed by atoms with E-state index in [0.717, 1.165) is 6.42 Å². The number of hydrogen-bond donors (Lipinski definition) is 2. The number of carbonyl (C=O) groups excluding carboxylic acids is 2. The van der Waals surface area contributed by atoms with Gasteiger partial charge in [-0.15, -0.1) is 0 Å². The highest BCUT2D eigenvalue weighted by molar-refractivity contribution is 5.99. The van der Waals surface area contributed by atoms with Gasteiger partial charge in [0, 0.05) is 18.4 Å². The molecule has 114 valence electrons. The van der Waals surface area contributed by atoms with Crippen LogP contribution in [0.3, 0.4) is 0 Å². The molecule has 0 fully saturated rings. The van der Waals surface area contributed by atoms with E-state index in [4.69, 9.17) is 10.2 Å². The zero-order valence-corrected chi connectivity index (χ0v) is 12.2. The molecule has 1 aromatic rings. The van der Waals surface area contributed by atoms with E-state index in [1.165, 1.54) is 0 Å². The molecule has 3 N–H and O–H groups in total. The number of hydrogen-bond acceptors (Lipinski definition) is 5. The molecule has 6 nitrogen and oxygen atoms in total. The number of nitrogens with one attached hydrogen (secondary N) is 1. The molecule has 1 heterocycles. The number of anilines is 1. The van der Waals surface area contributed by atoms with Crippen molar-refractivity contribution < 1.29 is 14.0 Å². The average molecular weight is 292 g/mol. The van der Waals surface area contributed by atoms with Crippen LogP contribution < -0.4 is 16.7 Å². The highest BCUT2D eigenvalue weighted by Crippen LogP contribution is 2.23. The fraction of sp³-hybridized carbons (Fsp3) is 0.400. The number of nitrogen functional groups attached to an aromatic ring is 1. The van der Waals surface area contributed by atoms with Crippen molar-refractivity contribution in [1.29, 1.82) is 0 Å². The highest BCUT2D eigenvalue weighted by atomic mass is 16.4. The summed E-state index contributed by atoms with van der Waals surface area (Å²) in [7, 11) is 0. The average Bonchev–Trinajstić information content (AvgIpc) is 2.45. The molecule has 0 aliphatic heterocycles. The van der Waals surface area contributed by atoms with Gasteiger partial charge in [0.25, 0.3) is 0 Å². The van der Waals surface area contributed by atoms with Crippen molar-refractivity contribution in [2.24, 2.45) is 0 Å². The van der Waals surface area contributed by atoms with Crippen LogP contribution >= 0.6 is 0 Å². The summed E-state index contributed by atoms with van der Waals surface area (Å²) in [6.07, 6.45) is 5.58. The highest BCUT2D eigenvalue weighted by Gasteiger charge is 2.18. The van der Waals surface area contributed by atoms with Crippen molar-refractivity contribution in [3.63, 3.8) is 0 Å². The van der Waals surface area contributed by atoms with Crippen molar-refractivity contribution >= 4 is 17.9 Å². The summed E-state index contributed by atoms with van der Waals surface area (Å²) >= 11 is 0. The third kappa shape index (κ3) is 4.59. The Morgan fingerprint density at radius 2 is 2.24 bits per heavy atom. The molecule has 0 aliphatic rings. The number of carbonyl (C=O) groups is 2. The van der Waals surface area contributed by atoms with E-state index in [1.54, 1.807) is 25.3 Å². The van der Waals surface area contributed by atoms with Gasteiger partial charge in [0.05, 0.1) is 5.69 Å². The molecule has 0 saturated heterocycles. The van der Waals surface area contributed by atoms with Crippen LogP contribution in [0.25, 0.3) is 0 Å². The summed E-state index contributed by atoms with van der Waals surface area (Å²) < 4.78 is 5.20. The van der Waals surface area contributed by atoms with Gasteiger partial charge < -0.3 is 15.5 Å². The Hall–Kier alpha value is -2.37. The summed E-state index contributed by atoms with van der Waals surface area (Å²) in [6.45, 7) is 3.57. The van der Waals surface area contributed by atoms with Crippen molar-refractivity contribution in [3.8, 4) is 0 Å². The third-order valence-electron chi connectivity index (χ3n) is 3.14. The van der Waals surface area contributed by atoms with Gasteiger partial charge in [-0.05, 0) is 19.0 Å². The van der Waals surface area contributed by atoms with Crippen molar-refractivity contribution in [1.82, 2.24) is 5.32 Å². The van der Waals surface area contributed by atoms with Crippen LogP contribution in [0.4, 0.5) is 5.69 Å². The Kier molecular flexibility index (Phi) is 6.39. The molecule has 0 aliphatic carbocycles. The van der Waals surface area contributed by atoms with Crippen LogP contribution in [0, 0.1) is 0 Å². The van der Waals surface area contributed by atoms with Gasteiger partial charge in [-0.1, -0.05) is 19.9 Å². The SMILES string of the molecule is CCC(=O)c1c(N)cc(C(C)CC/C=C/NC=O)oc1=O. The van der Waals surface area contributed by atoms with Crippen LogP contribution in [0.2, 0.25) is 0 Å². The maximum atomic E-state index is 11.9. The van der Waals surface area contributed by atoms with Crippen molar-refractivity contribution in [2.45, 2.75) is 39.0 Å². The largest absolute Gasteiger partial charge is 0.427 e. The van der Waals surface area contributed by atoms with E-state index in [1.807, 2.05) is 6.92 Å². The van der Waals surface area contributed by atoms with Gasteiger partial charge >= 0.3 is 5.63 Å². The minimum absolute atomic E-state index is 0.0216. The Morgan fingerprint density at radius 3 is 2.81 bits per heavy atom. The second-order valence-electron chi connectivity index (χ2n) is 4.71. The van der Waals surface area contributed by atoms with Crippen molar-refractivity contribution in [3.05, 3.63) is 40.1 Å². The van der Waals surface area contributed by atoms with Crippen LogP contribution in [-0.4, -0.2) is 12.2 Å². The number of Topliss-reactive ketones (excluding diaryl/α,β-unsaturated/α-hetero) is 1. The fourth-order valence-corrected chi connectivity index (χ4v) is 1.90. The number of allylic oxidation sites excluding steroid dienone is 1. The van der Waals surface area contributed by atoms with Crippen LogP contribution in [0.5, 0.6) is 0 Å². The van der Waals surface area contributed by atoms with Gasteiger partial charge in [0.15, 0.2) is 5.78 Å². The molecule has 1 aromatic heterocycles. The normalized spacial score (nSPS) is 12.3. The lowest BCUT2D eigenvalue weighted by Crippen LogP contribution is -2.18. The van der Waals surface area contributed by atoms with Gasteiger partial charge in [0.2, 0.25) is 6.41 Å². The minimum Gasteiger partial charge on any atom is -0.427 e. The van der Waals surface area contributed by atoms with Crippen LogP contribution in [-0.2, 0) is 4.79 Å². The lowest BCUT2D eigenvalue weighted by atomic mass is 10.0. The lowest BCUT2D eigenvalue weighted by molar-refractivity contribution is -0.108. The molecule has 0 radical (unpaired) electrons. The van der Waals surface area contributed by atoms with E-state index in [-0.39, 0.29) is 29.4 Å². The first-order valence-corrected chi connectivity index (χ1v) is 6.82. The zero-order chi connectivity index (χ0) is 15.8. The van der Waals surface area contributed by atoms with E-state index in [9.17, 15) is 14.4 Å². The molecule has 0 aromatic carbocycles. The second-order valence-corrected chi connectivity index (χ2v) is 4.71. The molecule has 0 spiro atoms. The summed E-state index contributed by atoms with van der Waals surface area (Å²) in [4.78, 5) is 33.5. The lowest BCUT2D eigenvalue weighted by Gasteiger charge is -2.11. The molecule has 1 rings (SSSR count). The topological polar surface area (TPSA) is 102 Å². The molecule has 21 heavy (non-hydrogen) atoms.